The molecular formula is C22H27NO4. The third kappa shape index (κ3) is 6.13. The second kappa shape index (κ2) is 9.76. The van der Waals surface area contributed by atoms with Crippen molar-refractivity contribution in [3.8, 4) is 5.75 Å². The highest BCUT2D eigenvalue weighted by molar-refractivity contribution is 5.96. The maximum absolute atomic E-state index is 12.2. The Balaban J connectivity index is 1.91. The van der Waals surface area contributed by atoms with Crippen molar-refractivity contribution in [3.05, 3.63) is 59.7 Å². The number of anilines is 1. The van der Waals surface area contributed by atoms with E-state index in [2.05, 4.69) is 19.2 Å². The minimum Gasteiger partial charge on any atom is -0.491 e. The molecule has 0 spiro atoms. The molecule has 0 bridgehead atoms. The number of nitrogens with one attached hydrogen (secondary N) is 1. The van der Waals surface area contributed by atoms with Crippen LogP contribution in [0.25, 0.3) is 0 Å². The number of amides is 1. The normalized spacial score (nSPS) is 11.7. The van der Waals surface area contributed by atoms with Crippen molar-refractivity contribution in [1.82, 2.24) is 0 Å². The molecule has 27 heavy (non-hydrogen) atoms. The van der Waals surface area contributed by atoms with Crippen LogP contribution in [0.2, 0.25) is 0 Å². The molecule has 1 N–H and O–H groups in total. The van der Waals surface area contributed by atoms with Gasteiger partial charge in [0.15, 0.2) is 6.61 Å². The molecule has 0 radical (unpaired) electrons. The van der Waals surface area contributed by atoms with Crippen LogP contribution in [0.1, 0.15) is 56.0 Å². The number of ether oxygens (including phenoxy) is 2. The Kier molecular flexibility index (Phi) is 7.41. The van der Waals surface area contributed by atoms with Gasteiger partial charge in [-0.15, -0.1) is 0 Å². The molecule has 1 amide bonds. The summed E-state index contributed by atoms with van der Waals surface area (Å²) in [4.78, 5) is 24.3. The Bertz CT molecular complexity index is 768. The van der Waals surface area contributed by atoms with E-state index in [0.717, 1.165) is 17.7 Å². The summed E-state index contributed by atoms with van der Waals surface area (Å²) in [5.41, 5.74) is 2.20. The predicted octanol–water partition coefficient (Wildman–Crippen LogP) is 4.78. The zero-order valence-electron chi connectivity index (χ0n) is 16.3. The molecule has 0 unspecified atom stereocenters. The maximum Gasteiger partial charge on any atom is 0.338 e. The fourth-order valence-corrected chi connectivity index (χ4v) is 2.60. The van der Waals surface area contributed by atoms with Gasteiger partial charge in [0.2, 0.25) is 0 Å². The van der Waals surface area contributed by atoms with Gasteiger partial charge in [-0.3, -0.25) is 4.79 Å². The number of hydrogen-bond acceptors (Lipinski definition) is 4. The van der Waals surface area contributed by atoms with Crippen molar-refractivity contribution in [3.63, 3.8) is 0 Å². The van der Waals surface area contributed by atoms with Gasteiger partial charge >= 0.3 is 5.97 Å². The Morgan fingerprint density at radius 1 is 1.00 bits per heavy atom. The van der Waals surface area contributed by atoms with Crippen LogP contribution in [0.4, 0.5) is 5.69 Å². The SMILES string of the molecule is CC[C@H](C)c1ccccc1NC(=O)COC(=O)c1ccc(OC(C)C)cc1. The lowest BCUT2D eigenvalue weighted by atomic mass is 9.97. The lowest BCUT2D eigenvalue weighted by Crippen LogP contribution is -2.21. The van der Waals surface area contributed by atoms with Crippen LogP contribution in [0.3, 0.4) is 0 Å². The van der Waals surface area contributed by atoms with Gasteiger partial charge < -0.3 is 14.8 Å². The van der Waals surface area contributed by atoms with E-state index < -0.39 is 5.97 Å². The summed E-state index contributed by atoms with van der Waals surface area (Å²) in [5.74, 6) is 0.104. The van der Waals surface area contributed by atoms with Crippen LogP contribution in [0, 0.1) is 0 Å². The van der Waals surface area contributed by atoms with Crippen molar-refractivity contribution in [2.24, 2.45) is 0 Å². The molecule has 0 aromatic heterocycles. The number of rotatable bonds is 8. The molecule has 144 valence electrons. The van der Waals surface area contributed by atoms with Gasteiger partial charge in [0.25, 0.3) is 5.91 Å². The summed E-state index contributed by atoms with van der Waals surface area (Å²) in [6, 6.07) is 14.3. The highest BCUT2D eigenvalue weighted by atomic mass is 16.5. The first-order valence-corrected chi connectivity index (χ1v) is 9.23. The molecule has 0 saturated carbocycles. The largest absolute Gasteiger partial charge is 0.491 e. The number of esters is 1. The summed E-state index contributed by atoms with van der Waals surface area (Å²) in [7, 11) is 0. The first-order chi connectivity index (χ1) is 12.9. The van der Waals surface area contributed by atoms with Crippen molar-refractivity contribution in [1.29, 1.82) is 0 Å². The van der Waals surface area contributed by atoms with Crippen molar-refractivity contribution in [2.75, 3.05) is 11.9 Å². The van der Waals surface area contributed by atoms with Crippen LogP contribution < -0.4 is 10.1 Å². The van der Waals surface area contributed by atoms with Crippen LogP contribution in [0.15, 0.2) is 48.5 Å². The topological polar surface area (TPSA) is 64.6 Å². The quantitative estimate of drug-likeness (QED) is 0.680. The Morgan fingerprint density at radius 2 is 1.67 bits per heavy atom. The Morgan fingerprint density at radius 3 is 2.30 bits per heavy atom. The Hall–Kier alpha value is -2.82. The van der Waals surface area contributed by atoms with Crippen LogP contribution in [-0.2, 0) is 9.53 Å². The van der Waals surface area contributed by atoms with Crippen molar-refractivity contribution >= 4 is 17.6 Å². The third-order valence-corrected chi connectivity index (χ3v) is 4.17. The molecule has 2 rings (SSSR count). The molecule has 0 aliphatic carbocycles. The van der Waals surface area contributed by atoms with Crippen LogP contribution in [0.5, 0.6) is 5.75 Å². The minimum atomic E-state index is -0.545. The van der Waals surface area contributed by atoms with Gasteiger partial charge in [-0.2, -0.15) is 0 Å². The van der Waals surface area contributed by atoms with Gasteiger partial charge in [0.05, 0.1) is 11.7 Å². The number of hydrogen-bond donors (Lipinski definition) is 1. The van der Waals surface area contributed by atoms with E-state index >= 15 is 0 Å². The summed E-state index contributed by atoms with van der Waals surface area (Å²) < 4.78 is 10.7. The number of carbonyl (C=O) groups is 2. The highest BCUT2D eigenvalue weighted by Crippen LogP contribution is 2.26. The average Bonchev–Trinajstić information content (AvgIpc) is 2.66. The van der Waals surface area contributed by atoms with Gasteiger partial charge in [-0.05, 0) is 62.1 Å². The molecule has 5 nitrogen and oxygen atoms in total. The lowest BCUT2D eigenvalue weighted by Gasteiger charge is -2.15. The predicted molar refractivity (Wildman–Crippen MR) is 106 cm³/mol. The molecule has 0 heterocycles. The zero-order chi connectivity index (χ0) is 19.8. The summed E-state index contributed by atoms with van der Waals surface area (Å²) in [6.45, 7) is 7.73. The maximum atomic E-state index is 12.2. The standard InChI is InChI=1S/C22H27NO4/c1-5-16(4)19-8-6-7-9-20(19)23-21(24)14-26-22(25)17-10-12-18(13-11-17)27-15(2)3/h6-13,15-16H,5,14H2,1-4H3,(H,23,24)/t16-/m0/s1. The summed E-state index contributed by atoms with van der Waals surface area (Å²) in [5, 5.41) is 2.83. The van der Waals surface area contributed by atoms with E-state index in [0.29, 0.717) is 17.2 Å². The number of carbonyl (C=O) groups excluding carboxylic acids is 2. The summed E-state index contributed by atoms with van der Waals surface area (Å²) in [6.07, 6.45) is 1.03. The average molecular weight is 369 g/mol. The lowest BCUT2D eigenvalue weighted by molar-refractivity contribution is -0.119. The molecular weight excluding hydrogens is 342 g/mol. The fourth-order valence-electron chi connectivity index (χ4n) is 2.60. The first kappa shape index (κ1) is 20.5. The third-order valence-electron chi connectivity index (χ3n) is 4.17. The minimum absolute atomic E-state index is 0.0600. The molecule has 0 aliphatic heterocycles. The zero-order valence-corrected chi connectivity index (χ0v) is 16.3. The van der Waals surface area contributed by atoms with Crippen molar-refractivity contribution < 1.29 is 19.1 Å². The van der Waals surface area contributed by atoms with Crippen molar-refractivity contribution in [2.45, 2.75) is 46.1 Å². The molecule has 0 saturated heterocycles. The number of para-hydroxylation sites is 1. The van der Waals surface area contributed by atoms with Gasteiger partial charge in [0.1, 0.15) is 5.75 Å². The van der Waals surface area contributed by atoms with Crippen LogP contribution in [-0.4, -0.2) is 24.6 Å². The van der Waals surface area contributed by atoms with Gasteiger partial charge in [0, 0.05) is 5.69 Å². The van der Waals surface area contributed by atoms with Gasteiger partial charge in [-0.1, -0.05) is 32.0 Å². The van der Waals surface area contributed by atoms with E-state index in [-0.39, 0.29) is 18.6 Å². The first-order valence-electron chi connectivity index (χ1n) is 9.23. The van der Waals surface area contributed by atoms with E-state index in [9.17, 15) is 9.59 Å². The molecule has 1 atom stereocenters. The highest BCUT2D eigenvalue weighted by Gasteiger charge is 2.14. The van der Waals surface area contributed by atoms with E-state index in [4.69, 9.17) is 9.47 Å². The van der Waals surface area contributed by atoms with Crippen LogP contribution >= 0.6 is 0 Å². The second-order valence-electron chi connectivity index (χ2n) is 6.71. The van der Waals surface area contributed by atoms with E-state index in [1.165, 1.54) is 0 Å². The molecule has 2 aromatic rings. The molecule has 5 heteroatoms. The van der Waals surface area contributed by atoms with Gasteiger partial charge in [-0.25, -0.2) is 4.79 Å². The fraction of sp³-hybridized carbons (Fsp3) is 0.364. The number of benzene rings is 2. The van der Waals surface area contributed by atoms with E-state index in [1.807, 2.05) is 38.1 Å². The second-order valence-corrected chi connectivity index (χ2v) is 6.71. The molecule has 0 aliphatic rings. The summed E-state index contributed by atoms with van der Waals surface area (Å²) >= 11 is 0. The smallest absolute Gasteiger partial charge is 0.338 e. The van der Waals surface area contributed by atoms with E-state index in [1.54, 1.807) is 24.3 Å². The molecule has 2 aromatic carbocycles. The Labute approximate surface area is 160 Å². The molecule has 0 fully saturated rings. The monoisotopic (exact) mass is 369 g/mol.